The summed E-state index contributed by atoms with van der Waals surface area (Å²) in [6, 6.07) is 16.2. The minimum Gasteiger partial charge on any atom is -0.497 e. The third-order valence-corrected chi connectivity index (χ3v) is 3.04. The normalized spacial score (nSPS) is 10.6. The monoisotopic (exact) mass is 253 g/mol. The van der Waals surface area contributed by atoms with E-state index in [4.69, 9.17) is 4.74 Å². The van der Waals surface area contributed by atoms with Crippen molar-refractivity contribution >= 4 is 10.9 Å². The number of fused-ring (bicyclic) bond motifs is 1. The van der Waals surface area contributed by atoms with Crippen LogP contribution < -0.4 is 4.74 Å². The van der Waals surface area contributed by atoms with Gasteiger partial charge in [-0.2, -0.15) is 0 Å². The van der Waals surface area contributed by atoms with Crippen molar-refractivity contribution < 1.29 is 9.13 Å². The van der Waals surface area contributed by atoms with Crippen LogP contribution in [0.3, 0.4) is 0 Å². The molecule has 0 N–H and O–H groups in total. The van der Waals surface area contributed by atoms with Crippen LogP contribution in [0.5, 0.6) is 5.75 Å². The number of hydrogen-bond donors (Lipinski definition) is 0. The van der Waals surface area contributed by atoms with E-state index in [0.29, 0.717) is 5.69 Å². The summed E-state index contributed by atoms with van der Waals surface area (Å²) in [6.07, 6.45) is 0. The average Bonchev–Trinajstić information content (AvgIpc) is 2.47. The molecule has 0 aliphatic heterocycles. The molecule has 3 heteroatoms. The van der Waals surface area contributed by atoms with Gasteiger partial charge in [0, 0.05) is 10.9 Å². The Bertz CT molecular complexity index is 722. The summed E-state index contributed by atoms with van der Waals surface area (Å²) in [4.78, 5) is 4.38. The van der Waals surface area contributed by atoms with Crippen molar-refractivity contribution in [1.29, 1.82) is 0 Å². The Hall–Kier alpha value is -2.42. The number of rotatable bonds is 2. The number of hydrogen-bond acceptors (Lipinski definition) is 2. The molecule has 0 saturated carbocycles. The number of nitrogens with zero attached hydrogens (tertiary/aromatic N) is 1. The smallest absolute Gasteiger partial charge is 0.150 e. The van der Waals surface area contributed by atoms with Crippen molar-refractivity contribution in [2.75, 3.05) is 7.11 Å². The van der Waals surface area contributed by atoms with Gasteiger partial charge in [-0.1, -0.05) is 18.2 Å². The zero-order valence-corrected chi connectivity index (χ0v) is 10.4. The molecule has 1 aromatic heterocycles. The van der Waals surface area contributed by atoms with E-state index < -0.39 is 0 Å². The highest BCUT2D eigenvalue weighted by Crippen LogP contribution is 2.26. The van der Waals surface area contributed by atoms with Crippen LogP contribution in [0.2, 0.25) is 0 Å². The lowest BCUT2D eigenvalue weighted by Crippen LogP contribution is -1.91. The van der Waals surface area contributed by atoms with Gasteiger partial charge in [0.2, 0.25) is 0 Å². The van der Waals surface area contributed by atoms with Gasteiger partial charge in [0.1, 0.15) is 17.3 Å². The number of methoxy groups -OCH3 is 1. The van der Waals surface area contributed by atoms with Gasteiger partial charge in [-0.15, -0.1) is 0 Å². The van der Waals surface area contributed by atoms with Gasteiger partial charge in [0.15, 0.2) is 0 Å². The highest BCUT2D eigenvalue weighted by atomic mass is 19.1. The first-order chi connectivity index (χ1) is 9.28. The van der Waals surface area contributed by atoms with Crippen LogP contribution in [0.25, 0.3) is 22.2 Å². The number of para-hydroxylation sites is 1. The molecule has 0 saturated heterocycles. The molecule has 1 heterocycles. The van der Waals surface area contributed by atoms with Crippen LogP contribution in [0.1, 0.15) is 0 Å². The quantitative estimate of drug-likeness (QED) is 0.687. The van der Waals surface area contributed by atoms with Crippen molar-refractivity contribution in [3.8, 4) is 17.0 Å². The topological polar surface area (TPSA) is 22.1 Å². The average molecular weight is 253 g/mol. The molecular formula is C16H12FNO. The Morgan fingerprint density at radius 3 is 2.47 bits per heavy atom. The SMILES string of the molecule is COc1ccc(-c2nc3ccccc3cc2F)cc1. The summed E-state index contributed by atoms with van der Waals surface area (Å²) in [5.74, 6) is 0.425. The van der Waals surface area contributed by atoms with E-state index >= 15 is 0 Å². The third-order valence-electron chi connectivity index (χ3n) is 3.04. The lowest BCUT2D eigenvalue weighted by Gasteiger charge is -2.06. The second-order valence-electron chi connectivity index (χ2n) is 4.24. The second kappa shape index (κ2) is 4.69. The maximum atomic E-state index is 14.1. The van der Waals surface area contributed by atoms with Crippen LogP contribution in [0, 0.1) is 5.82 Å². The van der Waals surface area contributed by atoms with Crippen molar-refractivity contribution in [1.82, 2.24) is 4.98 Å². The lowest BCUT2D eigenvalue weighted by molar-refractivity contribution is 0.415. The summed E-state index contributed by atoms with van der Waals surface area (Å²) >= 11 is 0. The summed E-state index contributed by atoms with van der Waals surface area (Å²) in [6.45, 7) is 0. The van der Waals surface area contributed by atoms with E-state index in [9.17, 15) is 4.39 Å². The van der Waals surface area contributed by atoms with Gasteiger partial charge < -0.3 is 4.74 Å². The van der Waals surface area contributed by atoms with Crippen LogP contribution in [0.4, 0.5) is 4.39 Å². The highest BCUT2D eigenvalue weighted by molar-refractivity contribution is 5.81. The molecule has 0 atom stereocenters. The van der Waals surface area contributed by atoms with E-state index in [1.807, 2.05) is 24.3 Å². The van der Waals surface area contributed by atoms with Crippen molar-refractivity contribution in [2.24, 2.45) is 0 Å². The lowest BCUT2D eigenvalue weighted by atomic mass is 10.1. The molecule has 2 aromatic carbocycles. The molecule has 0 aliphatic carbocycles. The van der Waals surface area contributed by atoms with E-state index in [2.05, 4.69) is 4.98 Å². The summed E-state index contributed by atoms with van der Waals surface area (Å²) in [5.41, 5.74) is 1.89. The zero-order valence-electron chi connectivity index (χ0n) is 10.4. The standard InChI is InChI=1S/C16H12FNO/c1-19-13-8-6-11(7-9-13)16-14(17)10-12-4-2-3-5-15(12)18-16/h2-10H,1H3. The van der Waals surface area contributed by atoms with Gasteiger partial charge in [-0.05, 0) is 36.4 Å². The van der Waals surface area contributed by atoms with E-state index in [1.165, 1.54) is 6.07 Å². The van der Waals surface area contributed by atoms with Crippen LogP contribution in [-0.4, -0.2) is 12.1 Å². The molecule has 19 heavy (non-hydrogen) atoms. The number of aromatic nitrogens is 1. The number of halogens is 1. The molecule has 0 radical (unpaired) electrons. The van der Waals surface area contributed by atoms with Gasteiger partial charge in [-0.3, -0.25) is 0 Å². The first-order valence-corrected chi connectivity index (χ1v) is 5.97. The molecule has 94 valence electrons. The minimum absolute atomic E-state index is 0.316. The molecule has 0 spiro atoms. The minimum atomic E-state index is -0.316. The van der Waals surface area contributed by atoms with E-state index in [-0.39, 0.29) is 5.82 Å². The molecule has 3 aromatic rings. The predicted octanol–water partition coefficient (Wildman–Crippen LogP) is 4.05. The zero-order chi connectivity index (χ0) is 13.2. The van der Waals surface area contributed by atoms with E-state index in [1.54, 1.807) is 31.4 Å². The molecular weight excluding hydrogens is 241 g/mol. The van der Waals surface area contributed by atoms with Gasteiger partial charge in [0.25, 0.3) is 0 Å². The Balaban J connectivity index is 2.15. The molecule has 3 rings (SSSR count). The Morgan fingerprint density at radius 2 is 1.74 bits per heavy atom. The molecule has 0 unspecified atom stereocenters. The molecule has 0 amide bonds. The van der Waals surface area contributed by atoms with Crippen molar-refractivity contribution in [3.05, 3.63) is 60.4 Å². The first kappa shape index (κ1) is 11.7. The van der Waals surface area contributed by atoms with Crippen molar-refractivity contribution in [3.63, 3.8) is 0 Å². The summed E-state index contributed by atoms with van der Waals surface area (Å²) < 4.78 is 19.2. The fourth-order valence-electron chi connectivity index (χ4n) is 2.04. The number of benzene rings is 2. The largest absolute Gasteiger partial charge is 0.497 e. The second-order valence-corrected chi connectivity index (χ2v) is 4.24. The fourth-order valence-corrected chi connectivity index (χ4v) is 2.04. The molecule has 0 bridgehead atoms. The Kier molecular flexibility index (Phi) is 2.88. The Labute approximate surface area is 110 Å². The summed E-state index contributed by atoms with van der Waals surface area (Å²) in [5, 5.41) is 0.803. The Morgan fingerprint density at radius 1 is 1.00 bits per heavy atom. The molecule has 0 fully saturated rings. The number of ether oxygens (including phenoxy) is 1. The van der Waals surface area contributed by atoms with Gasteiger partial charge in [-0.25, -0.2) is 9.37 Å². The predicted molar refractivity (Wildman–Crippen MR) is 73.7 cm³/mol. The molecule has 0 aliphatic rings. The summed E-state index contributed by atoms with van der Waals surface area (Å²) in [7, 11) is 1.60. The maximum Gasteiger partial charge on any atom is 0.150 e. The van der Waals surface area contributed by atoms with Crippen LogP contribution in [-0.2, 0) is 0 Å². The fraction of sp³-hybridized carbons (Fsp3) is 0.0625. The number of pyridine rings is 1. The van der Waals surface area contributed by atoms with E-state index in [0.717, 1.165) is 22.2 Å². The van der Waals surface area contributed by atoms with Gasteiger partial charge >= 0.3 is 0 Å². The van der Waals surface area contributed by atoms with Gasteiger partial charge in [0.05, 0.1) is 12.6 Å². The molecule has 2 nitrogen and oxygen atoms in total. The van der Waals surface area contributed by atoms with Crippen LogP contribution >= 0.6 is 0 Å². The third kappa shape index (κ3) is 2.15. The first-order valence-electron chi connectivity index (χ1n) is 5.97. The maximum absolute atomic E-state index is 14.1. The van der Waals surface area contributed by atoms with Crippen molar-refractivity contribution in [2.45, 2.75) is 0 Å². The highest BCUT2D eigenvalue weighted by Gasteiger charge is 2.08. The van der Waals surface area contributed by atoms with Crippen LogP contribution in [0.15, 0.2) is 54.6 Å².